The molecule has 8 heteroatoms. The lowest BCUT2D eigenvalue weighted by atomic mass is 10.5. The Kier molecular flexibility index (Phi) is 3.22. The highest BCUT2D eigenvalue weighted by Crippen LogP contribution is 2.14. The smallest absolute Gasteiger partial charge is 0.240 e. The number of nitrogens with one attached hydrogen (secondary N) is 1. The minimum absolute atomic E-state index is 0.0778. The maximum absolute atomic E-state index is 10.5. The lowest BCUT2D eigenvalue weighted by Crippen LogP contribution is -2.28. The highest BCUT2D eigenvalue weighted by molar-refractivity contribution is 7.07. The quantitative estimate of drug-likeness (QED) is 0.746. The predicted octanol–water partition coefficient (Wildman–Crippen LogP) is -0.232. The number of amides is 1. The second-order valence-corrected chi connectivity index (χ2v) is 3.67. The third-order valence-corrected chi connectivity index (χ3v) is 2.29. The Balaban J connectivity index is 1.95. The minimum Gasteiger partial charge on any atom is -0.369 e. The number of carbonyl (C=O) groups is 1. The summed E-state index contributed by atoms with van der Waals surface area (Å²) in [4.78, 5) is 18.6. The van der Waals surface area contributed by atoms with Gasteiger partial charge in [0.05, 0.1) is 18.6 Å². The van der Waals surface area contributed by atoms with E-state index in [0.29, 0.717) is 24.0 Å². The Labute approximate surface area is 94.7 Å². The number of thiazole rings is 1. The molecule has 3 N–H and O–H groups in total. The van der Waals surface area contributed by atoms with E-state index in [-0.39, 0.29) is 6.54 Å². The molecule has 2 aromatic heterocycles. The van der Waals surface area contributed by atoms with Gasteiger partial charge in [0.1, 0.15) is 5.69 Å². The molecule has 0 saturated heterocycles. The molecule has 0 unspecified atom stereocenters. The molecule has 0 radical (unpaired) electrons. The fourth-order valence-electron chi connectivity index (χ4n) is 1.05. The van der Waals surface area contributed by atoms with Gasteiger partial charge >= 0.3 is 0 Å². The first-order chi connectivity index (χ1) is 7.75. The first-order valence-electron chi connectivity index (χ1n) is 4.46. The number of hydrogen-bond acceptors (Lipinski definition) is 7. The monoisotopic (exact) mass is 239 g/mol. The van der Waals surface area contributed by atoms with Crippen LogP contribution in [0.25, 0.3) is 11.5 Å². The average molecular weight is 239 g/mol. The molecule has 0 spiro atoms. The van der Waals surface area contributed by atoms with Gasteiger partial charge in [-0.1, -0.05) is 5.16 Å². The molecular formula is C8H9N5O2S. The Morgan fingerprint density at radius 2 is 2.50 bits per heavy atom. The maximum atomic E-state index is 10.5. The van der Waals surface area contributed by atoms with Crippen molar-refractivity contribution in [2.75, 3.05) is 6.54 Å². The van der Waals surface area contributed by atoms with Gasteiger partial charge in [0.2, 0.25) is 17.6 Å². The first-order valence-corrected chi connectivity index (χ1v) is 5.40. The molecule has 0 aliphatic rings. The summed E-state index contributed by atoms with van der Waals surface area (Å²) in [6.45, 7) is 0.383. The summed E-state index contributed by atoms with van der Waals surface area (Å²) in [5, 5.41) is 8.35. The van der Waals surface area contributed by atoms with Gasteiger partial charge in [-0.25, -0.2) is 4.98 Å². The Bertz CT molecular complexity index is 466. The van der Waals surface area contributed by atoms with Crippen LogP contribution in [0.4, 0.5) is 0 Å². The van der Waals surface area contributed by atoms with E-state index in [1.54, 1.807) is 5.51 Å². The van der Waals surface area contributed by atoms with Crippen LogP contribution < -0.4 is 11.1 Å². The minimum atomic E-state index is -0.431. The summed E-state index contributed by atoms with van der Waals surface area (Å²) in [6, 6.07) is 0. The second-order valence-electron chi connectivity index (χ2n) is 2.96. The molecule has 2 rings (SSSR count). The van der Waals surface area contributed by atoms with E-state index in [4.69, 9.17) is 10.3 Å². The molecule has 2 heterocycles. The molecular weight excluding hydrogens is 230 g/mol. The third-order valence-electron chi connectivity index (χ3n) is 1.70. The molecule has 1 amide bonds. The van der Waals surface area contributed by atoms with Crippen molar-refractivity contribution in [2.45, 2.75) is 6.54 Å². The zero-order valence-corrected chi connectivity index (χ0v) is 9.03. The Hall–Kier alpha value is -1.80. The summed E-state index contributed by atoms with van der Waals surface area (Å²) in [5.74, 6) is 0.403. The van der Waals surface area contributed by atoms with Gasteiger partial charge < -0.3 is 10.3 Å². The van der Waals surface area contributed by atoms with Gasteiger partial charge in [-0.2, -0.15) is 4.98 Å². The fraction of sp³-hybridized carbons (Fsp3) is 0.250. The number of nitrogens with two attached hydrogens (primary N) is 1. The topological polar surface area (TPSA) is 107 Å². The van der Waals surface area contributed by atoms with E-state index in [0.717, 1.165) is 0 Å². The van der Waals surface area contributed by atoms with Crippen molar-refractivity contribution in [1.29, 1.82) is 0 Å². The predicted molar refractivity (Wildman–Crippen MR) is 56.3 cm³/mol. The highest BCUT2D eigenvalue weighted by Gasteiger charge is 2.09. The standard InChI is InChI=1S/C8H9N5O2S/c9-6(14)1-10-2-7-12-8(13-15-7)5-3-16-4-11-5/h3-4,10H,1-2H2,(H2,9,14). The molecule has 0 aliphatic carbocycles. The molecule has 0 fully saturated rings. The van der Waals surface area contributed by atoms with E-state index in [2.05, 4.69) is 20.4 Å². The molecule has 84 valence electrons. The van der Waals surface area contributed by atoms with Crippen LogP contribution in [0.3, 0.4) is 0 Å². The molecule has 0 atom stereocenters. The number of nitrogens with zero attached hydrogens (tertiary/aromatic N) is 3. The Morgan fingerprint density at radius 1 is 1.62 bits per heavy atom. The first kappa shape index (κ1) is 10.7. The molecule has 0 aromatic carbocycles. The number of aromatic nitrogens is 3. The third kappa shape index (κ3) is 2.61. The van der Waals surface area contributed by atoms with Crippen molar-refractivity contribution in [3.8, 4) is 11.5 Å². The van der Waals surface area contributed by atoms with E-state index in [9.17, 15) is 4.79 Å². The summed E-state index contributed by atoms with van der Waals surface area (Å²) in [5.41, 5.74) is 7.33. The molecule has 0 bridgehead atoms. The van der Waals surface area contributed by atoms with E-state index in [1.165, 1.54) is 11.3 Å². The molecule has 0 aliphatic heterocycles. The lowest BCUT2D eigenvalue weighted by molar-refractivity contribution is -0.117. The highest BCUT2D eigenvalue weighted by atomic mass is 32.1. The van der Waals surface area contributed by atoms with Crippen LogP contribution in [-0.4, -0.2) is 27.6 Å². The van der Waals surface area contributed by atoms with Crippen LogP contribution >= 0.6 is 11.3 Å². The normalized spacial score (nSPS) is 10.5. The van der Waals surface area contributed by atoms with Crippen molar-refractivity contribution in [3.05, 3.63) is 16.8 Å². The number of rotatable bonds is 5. The van der Waals surface area contributed by atoms with E-state index >= 15 is 0 Å². The summed E-state index contributed by atoms with van der Waals surface area (Å²) < 4.78 is 4.96. The van der Waals surface area contributed by atoms with Crippen molar-refractivity contribution in [3.63, 3.8) is 0 Å². The zero-order valence-electron chi connectivity index (χ0n) is 8.21. The summed E-state index contributed by atoms with van der Waals surface area (Å²) in [7, 11) is 0. The van der Waals surface area contributed by atoms with Crippen molar-refractivity contribution in [2.24, 2.45) is 5.73 Å². The van der Waals surface area contributed by atoms with Gasteiger partial charge in [-0.15, -0.1) is 11.3 Å². The van der Waals surface area contributed by atoms with Crippen LogP contribution in [0.2, 0.25) is 0 Å². The molecule has 7 nitrogen and oxygen atoms in total. The van der Waals surface area contributed by atoms with Gasteiger partial charge in [-0.3, -0.25) is 10.1 Å². The van der Waals surface area contributed by atoms with Crippen LogP contribution in [0.15, 0.2) is 15.4 Å². The van der Waals surface area contributed by atoms with Gasteiger partial charge in [0, 0.05) is 5.38 Å². The van der Waals surface area contributed by atoms with Crippen molar-refractivity contribution in [1.82, 2.24) is 20.4 Å². The lowest BCUT2D eigenvalue weighted by Gasteiger charge is -1.95. The van der Waals surface area contributed by atoms with Crippen LogP contribution in [0, 0.1) is 0 Å². The zero-order chi connectivity index (χ0) is 11.4. The van der Waals surface area contributed by atoms with Gasteiger partial charge in [0.15, 0.2) is 0 Å². The fourth-order valence-corrected chi connectivity index (χ4v) is 1.58. The summed E-state index contributed by atoms with van der Waals surface area (Å²) in [6.07, 6.45) is 0. The molecule has 2 aromatic rings. The van der Waals surface area contributed by atoms with Crippen molar-refractivity contribution < 1.29 is 9.32 Å². The average Bonchev–Trinajstić information content (AvgIpc) is 2.85. The summed E-state index contributed by atoms with van der Waals surface area (Å²) >= 11 is 1.46. The van der Waals surface area contributed by atoms with Crippen molar-refractivity contribution >= 4 is 17.2 Å². The number of hydrogen-bond donors (Lipinski definition) is 2. The molecule has 16 heavy (non-hydrogen) atoms. The van der Waals surface area contributed by atoms with E-state index < -0.39 is 5.91 Å². The van der Waals surface area contributed by atoms with Gasteiger partial charge in [-0.05, 0) is 0 Å². The van der Waals surface area contributed by atoms with Crippen LogP contribution in [0.1, 0.15) is 5.89 Å². The number of primary amides is 1. The number of carbonyl (C=O) groups excluding carboxylic acids is 1. The maximum Gasteiger partial charge on any atom is 0.240 e. The van der Waals surface area contributed by atoms with Crippen LogP contribution in [0.5, 0.6) is 0 Å². The molecule has 0 saturated carbocycles. The van der Waals surface area contributed by atoms with Gasteiger partial charge in [0.25, 0.3) is 0 Å². The SMILES string of the molecule is NC(=O)CNCc1nc(-c2cscn2)no1. The Morgan fingerprint density at radius 3 is 3.19 bits per heavy atom. The second kappa shape index (κ2) is 4.81. The van der Waals surface area contributed by atoms with E-state index in [1.807, 2.05) is 5.38 Å². The van der Waals surface area contributed by atoms with Crippen LogP contribution in [-0.2, 0) is 11.3 Å². The largest absolute Gasteiger partial charge is 0.369 e.